The Labute approximate surface area is 347 Å². The van der Waals surface area contributed by atoms with E-state index in [-0.39, 0.29) is 29.9 Å². The molecule has 2 saturated heterocycles. The summed E-state index contributed by atoms with van der Waals surface area (Å²) in [5, 5.41) is 19.8. The fourth-order valence-corrected chi connectivity index (χ4v) is 10.4. The van der Waals surface area contributed by atoms with Crippen molar-refractivity contribution in [1.82, 2.24) is 24.5 Å². The third-order valence-corrected chi connectivity index (χ3v) is 13.6. The molecule has 0 amide bonds. The molecule has 324 valence electrons. The summed E-state index contributed by atoms with van der Waals surface area (Å²) in [5.74, 6) is -0.468. The smallest absolute Gasteiger partial charge is 0.333 e. The average molecular weight is 820 g/mol. The Kier molecular flexibility index (Phi) is 13.3. The summed E-state index contributed by atoms with van der Waals surface area (Å²) in [5.41, 5.74) is 1.42. The number of nitrogens with one attached hydrogen (secondary N) is 1. The molecule has 2 N–H and O–H groups in total. The highest BCUT2D eigenvalue weighted by Crippen LogP contribution is 2.62. The highest BCUT2D eigenvalue weighted by Gasteiger charge is 2.60. The van der Waals surface area contributed by atoms with E-state index < -0.39 is 53.1 Å². The van der Waals surface area contributed by atoms with Gasteiger partial charge in [-0.25, -0.2) is 14.3 Å². The Morgan fingerprint density at radius 1 is 0.966 bits per heavy atom. The molecule has 14 nitrogen and oxygen atoms in total. The zero-order chi connectivity index (χ0) is 42.9. The number of aromatic nitrogens is 5. The molecule has 2 aromatic heterocycles. The predicted molar refractivity (Wildman–Crippen MR) is 221 cm³/mol. The Balaban J connectivity index is 0.919. The van der Waals surface area contributed by atoms with E-state index in [1.54, 1.807) is 31.6 Å². The molecule has 0 radical (unpaired) electrons. The van der Waals surface area contributed by atoms with Crippen LogP contribution in [0.5, 0.6) is 0 Å². The molecule has 59 heavy (non-hydrogen) atoms. The van der Waals surface area contributed by atoms with Crippen LogP contribution in [0.15, 0.2) is 63.0 Å². The highest BCUT2D eigenvalue weighted by atomic mass is 16.8. The topological polar surface area (TPSA) is 177 Å². The summed E-state index contributed by atoms with van der Waals surface area (Å²) >= 11 is 0. The Hall–Kier alpha value is -3.98. The number of aliphatic hydroxyl groups is 1. The summed E-state index contributed by atoms with van der Waals surface area (Å²) in [7, 11) is 0. The van der Waals surface area contributed by atoms with Gasteiger partial charge in [0.1, 0.15) is 36.4 Å². The van der Waals surface area contributed by atoms with Crippen LogP contribution < -0.4 is 11.2 Å². The minimum absolute atomic E-state index is 0.0335. The second kappa shape index (κ2) is 17.6. The number of allylic oxidation sites excluding steroid dienone is 5. The van der Waals surface area contributed by atoms with Crippen LogP contribution in [0.4, 0.5) is 0 Å². The number of nitrogens with zero attached hydrogens (tertiary/aromatic N) is 4. The molecule has 2 aliphatic carbocycles. The quantitative estimate of drug-likeness (QED) is 0.112. The van der Waals surface area contributed by atoms with Crippen molar-refractivity contribution in [2.24, 2.45) is 22.7 Å². The number of hydrogen-bond donors (Lipinski definition) is 2. The number of carbonyl (C=O) groups excluding carboxylic acids is 2. The number of aromatic amines is 1. The van der Waals surface area contributed by atoms with Crippen LogP contribution in [0, 0.1) is 22.7 Å². The van der Waals surface area contributed by atoms with E-state index in [2.05, 4.69) is 62.1 Å². The van der Waals surface area contributed by atoms with Crippen LogP contribution in [-0.4, -0.2) is 71.1 Å². The fraction of sp³-hybridized carbons (Fsp3) is 0.689. The van der Waals surface area contributed by atoms with Crippen molar-refractivity contribution in [3.05, 3.63) is 79.9 Å². The van der Waals surface area contributed by atoms with E-state index in [1.807, 2.05) is 13.0 Å². The molecule has 0 aromatic carbocycles. The number of ether oxygens (including phenoxy) is 4. The lowest BCUT2D eigenvalue weighted by molar-refractivity contribution is -0.198. The third kappa shape index (κ3) is 9.98. The SMILES string of the molecule is C/C(=C\CC/C(C)=C/CC[C@@H]1[C@@]2(C)CCC(=O)C(C)(C)[C@H]2CC[C@@]1(C)O)CC/C=C(\C)C(=O)OCc1cn(C[C@@H]2O[C@H](n3ccc(=O)[nH]c3=O)[C@H]3OC(C)(C)O[C@H]32)nn1. The van der Waals surface area contributed by atoms with E-state index in [0.717, 1.165) is 57.8 Å². The largest absolute Gasteiger partial charge is 0.456 e. The van der Waals surface area contributed by atoms with Gasteiger partial charge in [0.25, 0.3) is 5.56 Å². The first-order valence-electron chi connectivity index (χ1n) is 21.3. The average Bonchev–Trinajstić information content (AvgIpc) is 3.83. The number of carbonyl (C=O) groups is 2. The molecule has 2 aliphatic heterocycles. The van der Waals surface area contributed by atoms with Gasteiger partial charge in [-0.1, -0.05) is 55.4 Å². The Morgan fingerprint density at radius 2 is 1.64 bits per heavy atom. The number of rotatable bonds is 15. The van der Waals surface area contributed by atoms with Crippen molar-refractivity contribution in [2.75, 3.05) is 0 Å². The number of hydrogen-bond acceptors (Lipinski definition) is 11. The lowest BCUT2D eigenvalue weighted by Gasteiger charge is -2.60. The number of Topliss-reactive ketones (excluding diaryl/α,β-unsaturated/α-hetero) is 1. The number of fused-ring (bicyclic) bond motifs is 2. The summed E-state index contributed by atoms with van der Waals surface area (Å²) in [6.45, 7) is 18.4. The maximum atomic E-state index is 12.8. The van der Waals surface area contributed by atoms with Crippen molar-refractivity contribution in [3.63, 3.8) is 0 Å². The lowest BCUT2D eigenvalue weighted by Crippen LogP contribution is -2.59. The molecule has 8 atom stereocenters. The number of esters is 1. The molecule has 0 spiro atoms. The molecule has 14 heteroatoms. The molecular formula is C45H65N5O9. The maximum Gasteiger partial charge on any atom is 0.333 e. The standard InChI is InChI=1S/C45H65N5O9/c1-28(13-10-14-29(2)16-12-18-34-44(8)22-20-35(51)42(4,5)33(44)19-23-45(34,9)55)15-11-17-30(3)40(53)56-27-31-25-49(48-47-31)26-32-37-38(59-43(6,7)58-37)39(57-32)50-24-21-36(52)46-41(50)54/h13,16-17,21,24-25,32-34,37-39,55H,10-12,14-15,18-20,22-23,26-27H2,1-9H3,(H,46,52,54)/b28-13+,29-16+,30-17+/t32-,33+,34+,37-,38-,39-,44-,45+/m0/s1. The van der Waals surface area contributed by atoms with Gasteiger partial charge in [0.15, 0.2) is 12.0 Å². The summed E-state index contributed by atoms with van der Waals surface area (Å²) in [6, 6.07) is 1.25. The van der Waals surface area contributed by atoms with Gasteiger partial charge in [0.05, 0.1) is 18.3 Å². The van der Waals surface area contributed by atoms with E-state index in [1.165, 1.54) is 28.0 Å². The molecule has 4 aliphatic rings. The molecule has 2 saturated carbocycles. The molecule has 0 bridgehead atoms. The summed E-state index contributed by atoms with van der Waals surface area (Å²) in [4.78, 5) is 52.0. The first-order chi connectivity index (χ1) is 27.7. The molecule has 4 fully saturated rings. The van der Waals surface area contributed by atoms with Crippen LogP contribution in [0.1, 0.15) is 138 Å². The number of H-pyrrole nitrogens is 1. The summed E-state index contributed by atoms with van der Waals surface area (Å²) in [6.07, 6.45) is 15.6. The van der Waals surface area contributed by atoms with Gasteiger partial charge in [0, 0.05) is 29.7 Å². The minimum atomic E-state index is -0.900. The second-order valence-electron chi connectivity index (χ2n) is 18.9. The minimum Gasteiger partial charge on any atom is -0.456 e. The molecule has 4 heterocycles. The monoisotopic (exact) mass is 819 g/mol. The van der Waals surface area contributed by atoms with E-state index in [0.29, 0.717) is 29.4 Å². The first-order valence-corrected chi connectivity index (χ1v) is 21.3. The van der Waals surface area contributed by atoms with Gasteiger partial charge in [-0.2, -0.15) is 0 Å². The second-order valence-corrected chi connectivity index (χ2v) is 18.9. The number of ketones is 1. The Morgan fingerprint density at radius 3 is 2.36 bits per heavy atom. The molecule has 6 rings (SSSR count). The van der Waals surface area contributed by atoms with Crippen molar-refractivity contribution in [1.29, 1.82) is 0 Å². The Bertz CT molecular complexity index is 2070. The molecule has 0 unspecified atom stereocenters. The normalized spacial score (nSPS) is 31.9. The van der Waals surface area contributed by atoms with Crippen LogP contribution in [-0.2, 0) is 41.7 Å². The zero-order valence-electron chi connectivity index (χ0n) is 36.4. The van der Waals surface area contributed by atoms with Crippen LogP contribution >= 0.6 is 0 Å². The van der Waals surface area contributed by atoms with Crippen molar-refractivity contribution >= 4 is 11.8 Å². The van der Waals surface area contributed by atoms with Crippen LogP contribution in [0.3, 0.4) is 0 Å². The van der Waals surface area contributed by atoms with Gasteiger partial charge in [-0.05, 0) is 117 Å². The third-order valence-electron chi connectivity index (χ3n) is 13.6. The van der Waals surface area contributed by atoms with Gasteiger partial charge in [-0.3, -0.25) is 19.1 Å². The van der Waals surface area contributed by atoms with Gasteiger partial charge in [-0.15, -0.1) is 5.10 Å². The van der Waals surface area contributed by atoms with E-state index in [4.69, 9.17) is 18.9 Å². The predicted octanol–water partition coefficient (Wildman–Crippen LogP) is 6.64. The molecule has 2 aromatic rings. The zero-order valence-corrected chi connectivity index (χ0v) is 36.4. The van der Waals surface area contributed by atoms with Crippen LogP contribution in [0.2, 0.25) is 0 Å². The van der Waals surface area contributed by atoms with Crippen molar-refractivity contribution in [2.45, 2.75) is 176 Å². The van der Waals surface area contributed by atoms with Gasteiger partial charge >= 0.3 is 11.7 Å². The highest BCUT2D eigenvalue weighted by molar-refractivity contribution is 5.87. The van der Waals surface area contributed by atoms with E-state index in [9.17, 15) is 24.3 Å². The van der Waals surface area contributed by atoms with Crippen LogP contribution in [0.25, 0.3) is 0 Å². The van der Waals surface area contributed by atoms with E-state index >= 15 is 0 Å². The fourth-order valence-electron chi connectivity index (χ4n) is 10.4. The lowest BCUT2D eigenvalue weighted by atomic mass is 9.45. The van der Waals surface area contributed by atoms with Crippen molar-refractivity contribution in [3.8, 4) is 0 Å². The first kappa shape index (κ1) is 44.6. The van der Waals surface area contributed by atoms with Gasteiger partial charge < -0.3 is 24.1 Å². The van der Waals surface area contributed by atoms with Gasteiger partial charge in [0.2, 0.25) is 0 Å². The van der Waals surface area contributed by atoms with Crippen molar-refractivity contribution < 1.29 is 33.6 Å². The molecular weight excluding hydrogens is 755 g/mol. The maximum absolute atomic E-state index is 12.8. The summed E-state index contributed by atoms with van der Waals surface area (Å²) < 4.78 is 26.8.